The molecule has 0 radical (unpaired) electrons. The Labute approximate surface area is 197 Å². The molecule has 5 nitrogen and oxygen atoms in total. The molecule has 0 amide bonds. The first-order valence-electron chi connectivity index (χ1n) is 10.5. The summed E-state index contributed by atoms with van der Waals surface area (Å²) in [5, 5.41) is 6.77. The monoisotopic (exact) mass is 537 g/mol. The average molecular weight is 538 g/mol. The summed E-state index contributed by atoms with van der Waals surface area (Å²) in [5.74, 6) is 1.70. The number of piperazine rings is 1. The van der Waals surface area contributed by atoms with Crippen LogP contribution in [0.15, 0.2) is 34.2 Å². The Bertz CT molecular complexity index is 565. The molecule has 0 spiro atoms. The molecule has 1 fully saturated rings. The number of nitrogens with zero attached hydrogens (tertiary/aromatic N) is 3. The Morgan fingerprint density at radius 3 is 2.24 bits per heavy atom. The minimum Gasteiger partial charge on any atom is -0.356 e. The van der Waals surface area contributed by atoms with E-state index in [1.54, 1.807) is 11.8 Å². The highest BCUT2D eigenvalue weighted by Gasteiger charge is 2.14. The van der Waals surface area contributed by atoms with Gasteiger partial charge in [-0.1, -0.05) is 6.92 Å². The highest BCUT2D eigenvalue weighted by molar-refractivity contribution is 14.0. The second-order valence-corrected chi connectivity index (χ2v) is 8.23. The number of hydrogen-bond donors (Lipinski definition) is 2. The largest absolute Gasteiger partial charge is 0.356 e. The fourth-order valence-corrected chi connectivity index (χ4v) is 4.07. The number of hydrogen-bond acceptors (Lipinski definition) is 4. The summed E-state index contributed by atoms with van der Waals surface area (Å²) >= 11 is 1.75. The van der Waals surface area contributed by atoms with Crippen LogP contribution in [0.3, 0.4) is 0 Å². The van der Waals surface area contributed by atoms with Crippen LogP contribution in [-0.2, 0) is 0 Å². The Morgan fingerprint density at radius 1 is 1.00 bits per heavy atom. The van der Waals surface area contributed by atoms with Crippen molar-refractivity contribution in [2.24, 2.45) is 4.99 Å². The van der Waals surface area contributed by atoms with Crippen LogP contribution in [0.1, 0.15) is 26.2 Å². The van der Waals surface area contributed by atoms with E-state index in [0.717, 1.165) is 42.5 Å². The molecule has 0 aromatic heterocycles. The lowest BCUT2D eigenvalue weighted by atomic mass is 10.2. The normalized spacial score (nSPS) is 15.8. The zero-order chi connectivity index (χ0) is 20.0. The number of rotatable bonds is 11. The van der Waals surface area contributed by atoms with Gasteiger partial charge in [0.1, 0.15) is 5.82 Å². The van der Waals surface area contributed by atoms with Crippen molar-refractivity contribution >= 4 is 41.7 Å². The van der Waals surface area contributed by atoms with Crippen molar-refractivity contribution < 1.29 is 4.39 Å². The van der Waals surface area contributed by atoms with Gasteiger partial charge in [-0.05, 0) is 62.4 Å². The minimum absolute atomic E-state index is 0. The van der Waals surface area contributed by atoms with Crippen LogP contribution < -0.4 is 10.6 Å². The highest BCUT2D eigenvalue weighted by atomic mass is 127. The summed E-state index contributed by atoms with van der Waals surface area (Å²) in [6.07, 6.45) is 3.42. The van der Waals surface area contributed by atoms with E-state index in [4.69, 9.17) is 0 Å². The molecule has 0 bridgehead atoms. The molecule has 0 saturated carbocycles. The third kappa shape index (κ3) is 11.4. The molecule has 1 aliphatic heterocycles. The van der Waals surface area contributed by atoms with Gasteiger partial charge in [-0.2, -0.15) is 0 Å². The zero-order valence-corrected chi connectivity index (χ0v) is 21.0. The highest BCUT2D eigenvalue weighted by Crippen LogP contribution is 2.18. The van der Waals surface area contributed by atoms with E-state index < -0.39 is 0 Å². The van der Waals surface area contributed by atoms with E-state index >= 15 is 0 Å². The molecule has 0 atom stereocenters. The van der Waals surface area contributed by atoms with Gasteiger partial charge < -0.3 is 20.4 Å². The number of guanidine groups is 1. The maximum absolute atomic E-state index is 12.9. The maximum atomic E-state index is 12.9. The molecule has 1 aliphatic rings. The average Bonchev–Trinajstić information content (AvgIpc) is 2.73. The Kier molecular flexibility index (Phi) is 14.7. The van der Waals surface area contributed by atoms with Crippen LogP contribution in [0.5, 0.6) is 0 Å². The molecule has 1 aromatic rings. The van der Waals surface area contributed by atoms with Gasteiger partial charge in [-0.15, -0.1) is 35.7 Å². The molecule has 2 N–H and O–H groups in total. The number of aliphatic imine (C=N–C) groups is 1. The van der Waals surface area contributed by atoms with E-state index in [1.807, 2.05) is 19.2 Å². The van der Waals surface area contributed by atoms with Crippen molar-refractivity contribution in [1.29, 1.82) is 0 Å². The van der Waals surface area contributed by atoms with E-state index in [-0.39, 0.29) is 29.8 Å². The fraction of sp³-hybridized carbons (Fsp3) is 0.667. The van der Waals surface area contributed by atoms with Gasteiger partial charge in [0.05, 0.1) is 0 Å². The van der Waals surface area contributed by atoms with Gasteiger partial charge in [-0.25, -0.2) is 4.39 Å². The number of halogens is 2. The number of thioether (sulfide) groups is 1. The topological polar surface area (TPSA) is 42.9 Å². The van der Waals surface area contributed by atoms with E-state index in [1.165, 1.54) is 57.8 Å². The van der Waals surface area contributed by atoms with Crippen LogP contribution in [-0.4, -0.2) is 80.9 Å². The second kappa shape index (κ2) is 16.2. The lowest BCUT2D eigenvalue weighted by molar-refractivity contribution is 0.136. The summed E-state index contributed by atoms with van der Waals surface area (Å²) < 4.78 is 12.9. The number of nitrogens with one attached hydrogen (secondary N) is 2. The summed E-state index contributed by atoms with van der Waals surface area (Å²) in [6.45, 7) is 11.3. The predicted octanol–water partition coefficient (Wildman–Crippen LogP) is 3.51. The zero-order valence-electron chi connectivity index (χ0n) is 17.8. The Balaban J connectivity index is 0.00000420. The predicted molar refractivity (Wildman–Crippen MR) is 134 cm³/mol. The fourth-order valence-electron chi connectivity index (χ4n) is 3.22. The molecule has 8 heteroatoms. The van der Waals surface area contributed by atoms with Crippen LogP contribution in [0.4, 0.5) is 4.39 Å². The Morgan fingerprint density at radius 2 is 1.62 bits per heavy atom. The number of benzene rings is 1. The molecule has 0 aliphatic carbocycles. The molecule has 0 unspecified atom stereocenters. The van der Waals surface area contributed by atoms with Gasteiger partial charge >= 0.3 is 0 Å². The first-order chi connectivity index (χ1) is 13.7. The second-order valence-electron chi connectivity index (χ2n) is 7.06. The van der Waals surface area contributed by atoms with Gasteiger partial charge in [0.15, 0.2) is 5.96 Å². The molecule has 166 valence electrons. The standard InChI is InChI=1S/C21H36FN5S.HI/c1-3-26-14-16-27(17-15-26)13-5-4-11-24-21(23-2)25-12-6-18-28-20-9-7-19(22)8-10-20;/h7-10H,3-6,11-18H2,1-2H3,(H2,23,24,25);1H. The van der Waals surface area contributed by atoms with E-state index in [2.05, 4.69) is 32.3 Å². The Hall–Kier alpha value is -0.580. The van der Waals surface area contributed by atoms with Crippen molar-refractivity contribution in [1.82, 2.24) is 20.4 Å². The third-order valence-electron chi connectivity index (χ3n) is 5.03. The smallest absolute Gasteiger partial charge is 0.190 e. The van der Waals surface area contributed by atoms with E-state index in [0.29, 0.717) is 0 Å². The quantitative estimate of drug-likeness (QED) is 0.149. The lowest BCUT2D eigenvalue weighted by Gasteiger charge is -2.34. The van der Waals surface area contributed by atoms with Gasteiger partial charge in [0.25, 0.3) is 0 Å². The van der Waals surface area contributed by atoms with Crippen molar-refractivity contribution in [3.63, 3.8) is 0 Å². The van der Waals surface area contributed by atoms with Crippen molar-refractivity contribution in [2.75, 3.05) is 65.2 Å². The van der Waals surface area contributed by atoms with Crippen LogP contribution >= 0.6 is 35.7 Å². The summed E-state index contributed by atoms with van der Waals surface area (Å²) in [4.78, 5) is 10.5. The van der Waals surface area contributed by atoms with Crippen LogP contribution in [0.2, 0.25) is 0 Å². The molecule has 29 heavy (non-hydrogen) atoms. The number of likely N-dealkylation sites (N-methyl/N-ethyl adjacent to an activating group) is 1. The van der Waals surface area contributed by atoms with Crippen LogP contribution in [0, 0.1) is 5.82 Å². The maximum Gasteiger partial charge on any atom is 0.190 e. The van der Waals surface area contributed by atoms with Gasteiger partial charge in [-0.3, -0.25) is 4.99 Å². The van der Waals surface area contributed by atoms with Crippen molar-refractivity contribution in [2.45, 2.75) is 31.1 Å². The summed E-state index contributed by atoms with van der Waals surface area (Å²) in [7, 11) is 1.82. The molecule has 1 saturated heterocycles. The molecule has 1 aromatic carbocycles. The van der Waals surface area contributed by atoms with Gasteiger partial charge in [0, 0.05) is 51.2 Å². The molecular weight excluding hydrogens is 500 g/mol. The van der Waals surface area contributed by atoms with Crippen molar-refractivity contribution in [3.05, 3.63) is 30.1 Å². The molecule has 1 heterocycles. The number of unbranched alkanes of at least 4 members (excludes halogenated alkanes) is 1. The van der Waals surface area contributed by atoms with Crippen molar-refractivity contribution in [3.8, 4) is 0 Å². The molecular formula is C21H37FIN5S. The van der Waals surface area contributed by atoms with Gasteiger partial charge in [0.2, 0.25) is 0 Å². The summed E-state index contributed by atoms with van der Waals surface area (Å²) in [5.41, 5.74) is 0. The first kappa shape index (κ1) is 26.5. The van der Waals surface area contributed by atoms with E-state index in [9.17, 15) is 4.39 Å². The van der Waals surface area contributed by atoms with Crippen LogP contribution in [0.25, 0.3) is 0 Å². The molecule has 2 rings (SSSR count). The lowest BCUT2D eigenvalue weighted by Crippen LogP contribution is -2.46. The summed E-state index contributed by atoms with van der Waals surface area (Å²) in [6, 6.07) is 6.68. The minimum atomic E-state index is -0.181. The SMILES string of the molecule is CCN1CCN(CCCCNC(=NC)NCCCSc2ccc(F)cc2)CC1.I. The third-order valence-corrected chi connectivity index (χ3v) is 6.12. The first-order valence-corrected chi connectivity index (χ1v) is 11.5.